The second-order valence-corrected chi connectivity index (χ2v) is 6.01. The van der Waals surface area contributed by atoms with Crippen molar-refractivity contribution in [2.75, 3.05) is 24.2 Å². The maximum Gasteiger partial charge on any atom is 0.338 e. The summed E-state index contributed by atoms with van der Waals surface area (Å²) in [6.07, 6.45) is 0.135. The highest BCUT2D eigenvalue weighted by atomic mass is 32.2. The molecule has 0 bridgehead atoms. The second-order valence-electron chi connectivity index (χ2n) is 4.70. The van der Waals surface area contributed by atoms with Gasteiger partial charge in [-0.25, -0.2) is 4.79 Å². The Hall–Kier alpha value is -2.02. The normalized spacial score (nSPS) is 17.5. The lowest BCUT2D eigenvalue weighted by Gasteiger charge is -2.20. The summed E-state index contributed by atoms with van der Waals surface area (Å²) in [4.78, 5) is 35.1. The molecule has 2 N–H and O–H groups in total. The first kappa shape index (κ1) is 16.4. The predicted molar refractivity (Wildman–Crippen MR) is 84.9 cm³/mol. The molecule has 1 aromatic rings. The molecule has 0 saturated carbocycles. The van der Waals surface area contributed by atoms with Crippen LogP contribution in [0.1, 0.15) is 23.7 Å². The maximum atomic E-state index is 12.0. The number of carbonyl (C=O) groups is 3. The fourth-order valence-electron chi connectivity index (χ4n) is 2.00. The van der Waals surface area contributed by atoms with E-state index in [-0.39, 0.29) is 23.5 Å². The number of thioether (sulfide) groups is 1. The zero-order valence-corrected chi connectivity index (χ0v) is 13.1. The first-order chi connectivity index (χ1) is 10.6. The Balaban J connectivity index is 1.88. The van der Waals surface area contributed by atoms with Crippen molar-refractivity contribution in [1.29, 1.82) is 0 Å². The number of rotatable bonds is 5. The van der Waals surface area contributed by atoms with E-state index in [1.165, 1.54) is 11.8 Å². The van der Waals surface area contributed by atoms with Crippen molar-refractivity contribution in [3.05, 3.63) is 29.8 Å². The molecule has 1 aliphatic heterocycles. The highest BCUT2D eigenvalue weighted by Crippen LogP contribution is 2.19. The molecule has 1 aliphatic rings. The number of amides is 2. The van der Waals surface area contributed by atoms with Crippen LogP contribution in [0.2, 0.25) is 0 Å². The van der Waals surface area contributed by atoms with Crippen molar-refractivity contribution in [3.8, 4) is 0 Å². The van der Waals surface area contributed by atoms with Crippen molar-refractivity contribution in [3.63, 3.8) is 0 Å². The third-order valence-electron chi connectivity index (χ3n) is 3.06. The van der Waals surface area contributed by atoms with Gasteiger partial charge in [-0.05, 0) is 31.2 Å². The highest BCUT2D eigenvalue weighted by molar-refractivity contribution is 8.00. The molecule has 7 heteroatoms. The van der Waals surface area contributed by atoms with E-state index in [4.69, 9.17) is 4.74 Å². The molecule has 0 aromatic heterocycles. The lowest BCUT2D eigenvalue weighted by Crippen LogP contribution is -2.40. The van der Waals surface area contributed by atoms with Crippen LogP contribution in [0.25, 0.3) is 0 Å². The van der Waals surface area contributed by atoms with E-state index in [2.05, 4.69) is 10.6 Å². The van der Waals surface area contributed by atoms with Gasteiger partial charge in [-0.15, -0.1) is 11.8 Å². The SMILES string of the molecule is CCOC(=O)c1ccc(NC(=O)C[C@@H]2SCCNC2=O)cc1. The number of ether oxygens (including phenoxy) is 1. The molecule has 22 heavy (non-hydrogen) atoms. The van der Waals surface area contributed by atoms with Gasteiger partial charge in [0.15, 0.2) is 0 Å². The van der Waals surface area contributed by atoms with Crippen molar-refractivity contribution in [2.45, 2.75) is 18.6 Å². The van der Waals surface area contributed by atoms with Crippen LogP contribution in [0, 0.1) is 0 Å². The Bertz CT molecular complexity index is 559. The summed E-state index contributed by atoms with van der Waals surface area (Å²) in [6, 6.07) is 6.46. The number of benzene rings is 1. The number of carbonyl (C=O) groups excluding carboxylic acids is 3. The molecule has 118 valence electrons. The average Bonchev–Trinajstić information content (AvgIpc) is 2.50. The van der Waals surface area contributed by atoms with E-state index in [1.807, 2.05) is 0 Å². The van der Waals surface area contributed by atoms with Gasteiger partial charge >= 0.3 is 5.97 Å². The monoisotopic (exact) mass is 322 g/mol. The number of hydrogen-bond donors (Lipinski definition) is 2. The maximum absolute atomic E-state index is 12.0. The minimum atomic E-state index is -0.393. The van der Waals surface area contributed by atoms with Gasteiger partial charge in [0.25, 0.3) is 0 Å². The van der Waals surface area contributed by atoms with Crippen LogP contribution in [-0.2, 0) is 14.3 Å². The van der Waals surface area contributed by atoms with Gasteiger partial charge in [-0.3, -0.25) is 9.59 Å². The first-order valence-corrected chi connectivity index (χ1v) is 8.11. The molecule has 0 unspecified atom stereocenters. The van der Waals surface area contributed by atoms with E-state index in [0.29, 0.717) is 24.4 Å². The van der Waals surface area contributed by atoms with Crippen molar-refractivity contribution >= 4 is 35.2 Å². The van der Waals surface area contributed by atoms with Crippen LogP contribution in [0.3, 0.4) is 0 Å². The van der Waals surface area contributed by atoms with Gasteiger partial charge < -0.3 is 15.4 Å². The molecule has 2 rings (SSSR count). The summed E-state index contributed by atoms with van der Waals surface area (Å²) in [7, 11) is 0. The van der Waals surface area contributed by atoms with Gasteiger partial charge in [-0.1, -0.05) is 0 Å². The van der Waals surface area contributed by atoms with Crippen LogP contribution in [-0.4, -0.2) is 41.9 Å². The zero-order chi connectivity index (χ0) is 15.9. The fraction of sp³-hybridized carbons (Fsp3) is 0.400. The van der Waals surface area contributed by atoms with Crippen LogP contribution in [0.15, 0.2) is 24.3 Å². The van der Waals surface area contributed by atoms with Gasteiger partial charge in [0.2, 0.25) is 11.8 Å². The third kappa shape index (κ3) is 4.49. The molecule has 1 heterocycles. The topological polar surface area (TPSA) is 84.5 Å². The zero-order valence-electron chi connectivity index (χ0n) is 12.3. The third-order valence-corrected chi connectivity index (χ3v) is 4.29. The lowest BCUT2D eigenvalue weighted by atomic mass is 10.2. The number of nitrogens with one attached hydrogen (secondary N) is 2. The Kier molecular flexibility index (Phi) is 5.83. The average molecular weight is 322 g/mol. The molecule has 6 nitrogen and oxygen atoms in total. The summed E-state index contributed by atoms with van der Waals surface area (Å²) in [5.74, 6) is 0.107. The van der Waals surface area contributed by atoms with Crippen LogP contribution >= 0.6 is 11.8 Å². The molecule has 0 spiro atoms. The summed E-state index contributed by atoms with van der Waals surface area (Å²) >= 11 is 1.49. The summed E-state index contributed by atoms with van der Waals surface area (Å²) < 4.78 is 4.89. The lowest BCUT2D eigenvalue weighted by molar-refractivity contribution is -0.123. The van der Waals surface area contributed by atoms with E-state index >= 15 is 0 Å². The van der Waals surface area contributed by atoms with Crippen LogP contribution < -0.4 is 10.6 Å². The Labute approximate surface area is 133 Å². The van der Waals surface area contributed by atoms with E-state index in [9.17, 15) is 14.4 Å². The fourth-order valence-corrected chi connectivity index (χ4v) is 3.01. The molecule has 1 fully saturated rings. The molecule has 0 aliphatic carbocycles. The summed E-state index contributed by atoms with van der Waals surface area (Å²) in [5.41, 5.74) is 1.02. The summed E-state index contributed by atoms with van der Waals surface area (Å²) in [5, 5.41) is 5.13. The number of anilines is 1. The molecule has 1 aromatic carbocycles. The minimum Gasteiger partial charge on any atom is -0.462 e. The van der Waals surface area contributed by atoms with E-state index in [1.54, 1.807) is 31.2 Å². The first-order valence-electron chi connectivity index (χ1n) is 7.06. The highest BCUT2D eigenvalue weighted by Gasteiger charge is 2.25. The number of hydrogen-bond acceptors (Lipinski definition) is 5. The van der Waals surface area contributed by atoms with Crippen LogP contribution in [0.5, 0.6) is 0 Å². The van der Waals surface area contributed by atoms with Crippen molar-refractivity contribution in [2.24, 2.45) is 0 Å². The molecular weight excluding hydrogens is 304 g/mol. The van der Waals surface area contributed by atoms with Crippen molar-refractivity contribution < 1.29 is 19.1 Å². The van der Waals surface area contributed by atoms with Gasteiger partial charge in [0, 0.05) is 24.4 Å². The number of esters is 1. The minimum absolute atomic E-state index is 0.0935. The molecule has 2 amide bonds. The van der Waals surface area contributed by atoms with Gasteiger partial charge in [0.1, 0.15) is 0 Å². The Morgan fingerprint density at radius 1 is 1.36 bits per heavy atom. The summed E-state index contributed by atoms with van der Waals surface area (Å²) in [6.45, 7) is 2.71. The van der Waals surface area contributed by atoms with Gasteiger partial charge in [0.05, 0.1) is 17.4 Å². The van der Waals surface area contributed by atoms with E-state index < -0.39 is 5.97 Å². The van der Waals surface area contributed by atoms with Crippen molar-refractivity contribution in [1.82, 2.24) is 5.32 Å². The molecule has 1 saturated heterocycles. The smallest absolute Gasteiger partial charge is 0.338 e. The molecule has 0 radical (unpaired) electrons. The standard InChI is InChI=1S/C15H18N2O4S/c1-2-21-15(20)10-3-5-11(6-4-10)17-13(18)9-12-14(19)16-7-8-22-12/h3-6,12H,2,7-9H2,1H3,(H,16,19)(H,17,18)/t12-/m0/s1. The quantitative estimate of drug-likeness (QED) is 0.801. The molecule has 1 atom stereocenters. The second kappa shape index (κ2) is 7.84. The Morgan fingerprint density at radius 3 is 2.73 bits per heavy atom. The van der Waals surface area contributed by atoms with E-state index in [0.717, 1.165) is 5.75 Å². The molecular formula is C15H18N2O4S. The predicted octanol–water partition coefficient (Wildman–Crippen LogP) is 1.42. The largest absolute Gasteiger partial charge is 0.462 e. The van der Waals surface area contributed by atoms with Crippen LogP contribution in [0.4, 0.5) is 5.69 Å². The Morgan fingerprint density at radius 2 is 2.09 bits per heavy atom. The van der Waals surface area contributed by atoms with Gasteiger partial charge in [-0.2, -0.15) is 0 Å².